The van der Waals surface area contributed by atoms with Gasteiger partial charge < -0.3 is 10.2 Å². The predicted octanol–water partition coefficient (Wildman–Crippen LogP) is 3.32. The molecule has 1 atom stereocenters. The van der Waals surface area contributed by atoms with E-state index in [1.54, 1.807) is 0 Å². The molecule has 0 bridgehead atoms. The van der Waals surface area contributed by atoms with E-state index in [4.69, 9.17) is 0 Å². The average molecular weight is 266 g/mol. The maximum atomic E-state index is 12.9. The topological polar surface area (TPSA) is 32.3 Å². The maximum Gasteiger partial charge on any atom is 0.260 e. The summed E-state index contributed by atoms with van der Waals surface area (Å²) in [7, 11) is 1.84. The summed E-state index contributed by atoms with van der Waals surface area (Å²) in [5, 5.41) is 3.09. The van der Waals surface area contributed by atoms with Crippen molar-refractivity contribution < 1.29 is 4.79 Å². The molecule has 2 aromatic carbocycles. The third-order valence-corrected chi connectivity index (χ3v) is 3.85. The number of nitrogens with one attached hydrogen (secondary N) is 1. The highest BCUT2D eigenvalue weighted by Crippen LogP contribution is 2.33. The van der Waals surface area contributed by atoms with Crippen molar-refractivity contribution in [2.45, 2.75) is 19.4 Å². The van der Waals surface area contributed by atoms with Crippen molar-refractivity contribution in [1.82, 2.24) is 0 Å². The van der Waals surface area contributed by atoms with Crippen LogP contribution in [0.25, 0.3) is 0 Å². The van der Waals surface area contributed by atoms with Crippen LogP contribution in [0.3, 0.4) is 0 Å². The minimum Gasteiger partial charge on any atom is -0.387 e. The van der Waals surface area contributed by atoms with Crippen molar-refractivity contribution in [3.05, 3.63) is 59.7 Å². The zero-order valence-electron chi connectivity index (χ0n) is 11.8. The standard InChI is InChI=1S/C17H18N2O/c1-12-11-13-7-3-6-10-16(13)19(12)17(20)14-8-4-5-9-15(14)18-2/h3-10,12,18H,11H2,1-2H3. The molecule has 0 spiro atoms. The van der Waals surface area contributed by atoms with Gasteiger partial charge in [-0.15, -0.1) is 0 Å². The van der Waals surface area contributed by atoms with Crippen LogP contribution in [-0.2, 0) is 6.42 Å². The van der Waals surface area contributed by atoms with Gasteiger partial charge in [-0.05, 0) is 37.1 Å². The fourth-order valence-corrected chi connectivity index (χ4v) is 2.89. The molecule has 0 aliphatic carbocycles. The van der Waals surface area contributed by atoms with E-state index in [0.29, 0.717) is 0 Å². The lowest BCUT2D eigenvalue weighted by Gasteiger charge is -2.24. The minimum atomic E-state index is 0.0624. The van der Waals surface area contributed by atoms with Gasteiger partial charge in [-0.1, -0.05) is 30.3 Å². The Morgan fingerprint density at radius 1 is 1.15 bits per heavy atom. The molecule has 2 aromatic rings. The summed E-state index contributed by atoms with van der Waals surface area (Å²) < 4.78 is 0. The van der Waals surface area contributed by atoms with E-state index in [-0.39, 0.29) is 11.9 Å². The van der Waals surface area contributed by atoms with Crippen LogP contribution in [-0.4, -0.2) is 19.0 Å². The molecule has 3 heteroatoms. The van der Waals surface area contributed by atoms with Crippen LogP contribution in [0.1, 0.15) is 22.8 Å². The number of hydrogen-bond acceptors (Lipinski definition) is 2. The Morgan fingerprint density at radius 2 is 1.85 bits per heavy atom. The van der Waals surface area contributed by atoms with Crippen molar-refractivity contribution in [3.63, 3.8) is 0 Å². The van der Waals surface area contributed by atoms with Gasteiger partial charge in [-0.2, -0.15) is 0 Å². The first kappa shape index (κ1) is 12.7. The second kappa shape index (κ2) is 5.00. The van der Waals surface area contributed by atoms with Crippen LogP contribution in [0.15, 0.2) is 48.5 Å². The van der Waals surface area contributed by atoms with Gasteiger partial charge in [0.25, 0.3) is 5.91 Å². The van der Waals surface area contributed by atoms with E-state index >= 15 is 0 Å². The second-order valence-electron chi connectivity index (χ2n) is 5.15. The molecule has 1 N–H and O–H groups in total. The molecule has 1 heterocycles. The van der Waals surface area contributed by atoms with Crippen LogP contribution >= 0.6 is 0 Å². The Balaban J connectivity index is 2.03. The number of rotatable bonds is 2. The molecular weight excluding hydrogens is 248 g/mol. The summed E-state index contributed by atoms with van der Waals surface area (Å²) in [6, 6.07) is 16.0. The third kappa shape index (κ3) is 1.95. The molecule has 0 radical (unpaired) electrons. The van der Waals surface area contributed by atoms with Gasteiger partial charge in [0.1, 0.15) is 0 Å². The summed E-state index contributed by atoms with van der Waals surface area (Å²) in [4.78, 5) is 14.8. The van der Waals surface area contributed by atoms with Gasteiger partial charge >= 0.3 is 0 Å². The molecule has 1 aliphatic heterocycles. The normalized spacial score (nSPS) is 16.9. The molecule has 0 saturated carbocycles. The van der Waals surface area contributed by atoms with Gasteiger partial charge in [0.15, 0.2) is 0 Å². The molecule has 0 fully saturated rings. The highest BCUT2D eigenvalue weighted by Gasteiger charge is 2.31. The van der Waals surface area contributed by atoms with Gasteiger partial charge in [-0.3, -0.25) is 4.79 Å². The molecule has 1 unspecified atom stereocenters. The molecule has 3 rings (SSSR count). The number of anilines is 2. The van der Waals surface area contributed by atoms with Gasteiger partial charge in [-0.25, -0.2) is 0 Å². The van der Waals surface area contributed by atoms with Crippen LogP contribution in [0, 0.1) is 0 Å². The number of amides is 1. The zero-order chi connectivity index (χ0) is 14.1. The Bertz CT molecular complexity index is 651. The minimum absolute atomic E-state index is 0.0624. The number of carbonyl (C=O) groups excluding carboxylic acids is 1. The summed E-state index contributed by atoms with van der Waals surface area (Å²) in [6.45, 7) is 2.10. The van der Waals surface area contributed by atoms with Crippen LogP contribution in [0.4, 0.5) is 11.4 Å². The van der Waals surface area contributed by atoms with Gasteiger partial charge in [0.05, 0.1) is 5.56 Å². The molecule has 1 aliphatic rings. The zero-order valence-corrected chi connectivity index (χ0v) is 11.8. The van der Waals surface area contributed by atoms with Crippen molar-refractivity contribution >= 4 is 17.3 Å². The van der Waals surface area contributed by atoms with E-state index < -0.39 is 0 Å². The average Bonchev–Trinajstić information content (AvgIpc) is 2.82. The maximum absolute atomic E-state index is 12.9. The lowest BCUT2D eigenvalue weighted by Crippen LogP contribution is -2.36. The molecular formula is C17H18N2O. The summed E-state index contributed by atoms with van der Waals surface area (Å²) >= 11 is 0. The highest BCUT2D eigenvalue weighted by atomic mass is 16.2. The Hall–Kier alpha value is -2.29. The fraction of sp³-hybridized carbons (Fsp3) is 0.235. The van der Waals surface area contributed by atoms with E-state index in [1.807, 2.05) is 54.4 Å². The Labute approximate surface area is 119 Å². The smallest absolute Gasteiger partial charge is 0.260 e. The third-order valence-electron chi connectivity index (χ3n) is 3.85. The van der Waals surface area contributed by atoms with E-state index in [0.717, 1.165) is 23.4 Å². The summed E-state index contributed by atoms with van der Waals surface area (Å²) in [5.74, 6) is 0.0624. The summed E-state index contributed by atoms with van der Waals surface area (Å²) in [5.41, 5.74) is 3.87. The lowest BCUT2D eigenvalue weighted by atomic mass is 10.1. The van der Waals surface area contributed by atoms with E-state index in [9.17, 15) is 4.79 Å². The molecule has 0 aromatic heterocycles. The molecule has 3 nitrogen and oxygen atoms in total. The first-order valence-corrected chi connectivity index (χ1v) is 6.90. The number of para-hydroxylation sites is 2. The monoisotopic (exact) mass is 266 g/mol. The molecule has 102 valence electrons. The van der Waals surface area contributed by atoms with Crippen LogP contribution < -0.4 is 10.2 Å². The lowest BCUT2D eigenvalue weighted by molar-refractivity contribution is 0.0982. The molecule has 0 saturated heterocycles. The van der Waals surface area contributed by atoms with Crippen LogP contribution in [0.2, 0.25) is 0 Å². The van der Waals surface area contributed by atoms with Crippen LogP contribution in [0.5, 0.6) is 0 Å². The molecule has 20 heavy (non-hydrogen) atoms. The van der Waals surface area contributed by atoms with E-state index in [2.05, 4.69) is 18.3 Å². The SMILES string of the molecule is CNc1ccccc1C(=O)N1c2ccccc2CC1C. The highest BCUT2D eigenvalue weighted by molar-refractivity contribution is 6.10. The van der Waals surface area contributed by atoms with Crippen molar-refractivity contribution in [3.8, 4) is 0 Å². The summed E-state index contributed by atoms with van der Waals surface area (Å²) in [6.07, 6.45) is 0.920. The molecule has 1 amide bonds. The number of nitrogens with zero attached hydrogens (tertiary/aromatic N) is 1. The fourth-order valence-electron chi connectivity index (χ4n) is 2.89. The Kier molecular flexibility index (Phi) is 3.18. The number of hydrogen-bond donors (Lipinski definition) is 1. The van der Waals surface area contributed by atoms with Gasteiger partial charge in [0.2, 0.25) is 0 Å². The number of fused-ring (bicyclic) bond motifs is 1. The second-order valence-corrected chi connectivity index (χ2v) is 5.15. The quantitative estimate of drug-likeness (QED) is 0.904. The predicted molar refractivity (Wildman–Crippen MR) is 82.4 cm³/mol. The van der Waals surface area contributed by atoms with Crippen molar-refractivity contribution in [2.24, 2.45) is 0 Å². The first-order valence-electron chi connectivity index (χ1n) is 6.90. The first-order chi connectivity index (χ1) is 9.72. The van der Waals surface area contributed by atoms with E-state index in [1.165, 1.54) is 5.56 Å². The largest absolute Gasteiger partial charge is 0.387 e. The van der Waals surface area contributed by atoms with Crippen molar-refractivity contribution in [1.29, 1.82) is 0 Å². The number of carbonyl (C=O) groups is 1. The van der Waals surface area contributed by atoms with Crippen molar-refractivity contribution in [2.75, 3.05) is 17.3 Å². The number of benzene rings is 2. The Morgan fingerprint density at radius 3 is 2.65 bits per heavy atom. The van der Waals surface area contributed by atoms with Gasteiger partial charge in [0, 0.05) is 24.5 Å².